The zero-order chi connectivity index (χ0) is 18.0. The molecule has 0 saturated carbocycles. The lowest BCUT2D eigenvalue weighted by atomic mass is 9.93. The Morgan fingerprint density at radius 2 is 2.04 bits per heavy atom. The Bertz CT molecular complexity index is 830. The number of benzene rings is 1. The molecule has 0 radical (unpaired) electrons. The quantitative estimate of drug-likeness (QED) is 0.853. The first kappa shape index (κ1) is 17.7. The van der Waals surface area contributed by atoms with Gasteiger partial charge in [0.05, 0.1) is 23.2 Å². The molecule has 25 heavy (non-hydrogen) atoms. The lowest BCUT2D eigenvalue weighted by Gasteiger charge is -2.33. The second-order valence-electron chi connectivity index (χ2n) is 7.09. The Hall–Kier alpha value is -2.14. The molecule has 0 unspecified atom stereocenters. The number of carbonyl (C=O) groups excluding carboxylic acids is 1. The van der Waals surface area contributed by atoms with Crippen molar-refractivity contribution >= 4 is 17.5 Å². The smallest absolute Gasteiger partial charge is 0.256 e. The number of fused-ring (bicyclic) bond motifs is 1. The van der Waals surface area contributed by atoms with Crippen molar-refractivity contribution < 1.29 is 4.79 Å². The van der Waals surface area contributed by atoms with Crippen LogP contribution in [0.2, 0.25) is 0 Å². The van der Waals surface area contributed by atoms with Gasteiger partial charge in [0.2, 0.25) is 5.91 Å². The van der Waals surface area contributed by atoms with E-state index in [9.17, 15) is 9.59 Å². The Kier molecular flexibility index (Phi) is 4.95. The van der Waals surface area contributed by atoms with E-state index in [1.165, 1.54) is 0 Å². The maximum absolute atomic E-state index is 12.6. The summed E-state index contributed by atoms with van der Waals surface area (Å²) in [5.41, 5.74) is 1.69. The van der Waals surface area contributed by atoms with E-state index in [-0.39, 0.29) is 17.3 Å². The molecule has 2 heterocycles. The van der Waals surface area contributed by atoms with Crippen LogP contribution in [0.25, 0.3) is 0 Å². The average molecular weight is 360 g/mol. The van der Waals surface area contributed by atoms with Crippen LogP contribution in [0.4, 0.5) is 0 Å². The number of aromatic amines is 1. The van der Waals surface area contributed by atoms with Gasteiger partial charge in [-0.15, -0.1) is 11.6 Å². The highest BCUT2D eigenvalue weighted by Crippen LogP contribution is 2.24. The Balaban J connectivity index is 1.83. The number of nitrogens with one attached hydrogen (secondary N) is 1. The highest BCUT2D eigenvalue weighted by atomic mass is 35.5. The maximum Gasteiger partial charge on any atom is 0.256 e. The molecule has 0 saturated heterocycles. The van der Waals surface area contributed by atoms with Crippen LogP contribution in [0.5, 0.6) is 0 Å². The van der Waals surface area contributed by atoms with Crippen LogP contribution in [-0.4, -0.2) is 33.2 Å². The van der Waals surface area contributed by atoms with E-state index in [0.717, 1.165) is 11.3 Å². The highest BCUT2D eigenvalue weighted by Gasteiger charge is 2.34. The summed E-state index contributed by atoms with van der Waals surface area (Å²) in [6, 6.07) is 9.91. The van der Waals surface area contributed by atoms with E-state index >= 15 is 0 Å². The first-order valence-corrected chi connectivity index (χ1v) is 8.94. The number of hydrogen-bond donors (Lipinski definition) is 1. The van der Waals surface area contributed by atoms with Crippen LogP contribution in [0.1, 0.15) is 36.5 Å². The normalized spacial score (nSPS) is 14.3. The second kappa shape index (κ2) is 7.00. The van der Waals surface area contributed by atoms with Gasteiger partial charge >= 0.3 is 0 Å². The summed E-state index contributed by atoms with van der Waals surface area (Å²) in [7, 11) is 0. The van der Waals surface area contributed by atoms with Gasteiger partial charge in [-0.3, -0.25) is 9.59 Å². The molecule has 6 heteroatoms. The molecule has 5 nitrogen and oxygen atoms in total. The largest absolute Gasteiger partial charge is 0.337 e. The molecule has 0 bridgehead atoms. The fourth-order valence-corrected chi connectivity index (χ4v) is 3.12. The summed E-state index contributed by atoms with van der Waals surface area (Å²) in [4.78, 5) is 34.3. The van der Waals surface area contributed by atoms with Gasteiger partial charge < -0.3 is 9.88 Å². The van der Waals surface area contributed by atoms with Gasteiger partial charge in [-0.1, -0.05) is 30.3 Å². The van der Waals surface area contributed by atoms with Crippen molar-refractivity contribution in [2.75, 3.05) is 12.4 Å². The van der Waals surface area contributed by atoms with E-state index in [1.54, 1.807) is 4.90 Å². The summed E-state index contributed by atoms with van der Waals surface area (Å²) in [5.74, 6) is 0.886. The number of halogens is 1. The van der Waals surface area contributed by atoms with Crippen LogP contribution in [0.15, 0.2) is 35.1 Å². The molecule has 0 atom stereocenters. The molecule has 2 aromatic rings. The van der Waals surface area contributed by atoms with Crippen LogP contribution in [0.3, 0.4) is 0 Å². The first-order valence-electron chi connectivity index (χ1n) is 8.41. The molecule has 1 aliphatic rings. The third kappa shape index (κ3) is 3.76. The van der Waals surface area contributed by atoms with Crippen molar-refractivity contribution in [3.05, 3.63) is 63.3 Å². The number of hydrogen-bond acceptors (Lipinski definition) is 3. The van der Waals surface area contributed by atoms with Gasteiger partial charge in [-0.25, -0.2) is 4.98 Å². The highest BCUT2D eigenvalue weighted by molar-refractivity contribution is 6.19. The second-order valence-corrected chi connectivity index (χ2v) is 7.36. The average Bonchev–Trinajstić information content (AvgIpc) is 2.62. The molecule has 1 aromatic carbocycles. The molecule has 1 amide bonds. The summed E-state index contributed by atoms with van der Waals surface area (Å²) < 4.78 is 0. The van der Waals surface area contributed by atoms with Crippen molar-refractivity contribution in [2.45, 2.75) is 33.2 Å². The number of nitrogens with zero attached hydrogens (tertiary/aromatic N) is 2. The van der Waals surface area contributed by atoms with Crippen molar-refractivity contribution in [1.29, 1.82) is 0 Å². The Morgan fingerprint density at radius 3 is 2.72 bits per heavy atom. The van der Waals surface area contributed by atoms with Crippen molar-refractivity contribution in [3.63, 3.8) is 0 Å². The molecule has 132 valence electrons. The number of amides is 1. The van der Waals surface area contributed by atoms with Crippen LogP contribution < -0.4 is 5.56 Å². The number of H-pyrrole nitrogens is 1. The number of aromatic nitrogens is 2. The van der Waals surface area contributed by atoms with Crippen LogP contribution >= 0.6 is 11.6 Å². The molecular weight excluding hydrogens is 338 g/mol. The Morgan fingerprint density at radius 1 is 1.32 bits per heavy atom. The topological polar surface area (TPSA) is 66.1 Å². The van der Waals surface area contributed by atoms with E-state index in [0.29, 0.717) is 37.3 Å². The summed E-state index contributed by atoms with van der Waals surface area (Å²) in [5, 5.41) is 0. The van der Waals surface area contributed by atoms with Crippen molar-refractivity contribution in [1.82, 2.24) is 14.9 Å². The molecule has 3 rings (SSSR count). The first-order chi connectivity index (χ1) is 11.9. The molecule has 1 N–H and O–H groups in total. The summed E-state index contributed by atoms with van der Waals surface area (Å²) >= 11 is 5.91. The minimum absolute atomic E-state index is 0.0269. The minimum atomic E-state index is -0.632. The van der Waals surface area contributed by atoms with E-state index < -0.39 is 5.41 Å². The predicted molar refractivity (Wildman–Crippen MR) is 97.7 cm³/mol. The van der Waals surface area contributed by atoms with Crippen molar-refractivity contribution in [3.8, 4) is 0 Å². The van der Waals surface area contributed by atoms with Crippen LogP contribution in [0, 0.1) is 5.41 Å². The summed E-state index contributed by atoms with van der Waals surface area (Å²) in [6.07, 6.45) is 1.18. The third-order valence-electron chi connectivity index (χ3n) is 4.53. The number of carbonyl (C=O) groups is 1. The third-order valence-corrected chi connectivity index (χ3v) is 5.20. The van der Waals surface area contributed by atoms with Gasteiger partial charge in [-0.05, 0) is 19.4 Å². The maximum atomic E-state index is 12.6. The molecule has 1 aliphatic heterocycles. The molecule has 0 spiro atoms. The number of rotatable bonds is 4. The molecule has 0 fully saturated rings. The van der Waals surface area contributed by atoms with Gasteiger partial charge in [0.15, 0.2) is 0 Å². The Labute approximate surface area is 152 Å². The molecular formula is C19H22ClN3O2. The molecule has 0 aliphatic carbocycles. The zero-order valence-corrected chi connectivity index (χ0v) is 15.3. The monoisotopic (exact) mass is 359 g/mol. The van der Waals surface area contributed by atoms with E-state index in [1.807, 2.05) is 44.2 Å². The van der Waals surface area contributed by atoms with Crippen LogP contribution in [-0.2, 0) is 24.2 Å². The van der Waals surface area contributed by atoms with E-state index in [4.69, 9.17) is 11.6 Å². The van der Waals surface area contributed by atoms with Gasteiger partial charge in [0.25, 0.3) is 5.56 Å². The zero-order valence-electron chi connectivity index (χ0n) is 14.5. The number of alkyl halides is 1. The van der Waals surface area contributed by atoms with Gasteiger partial charge in [-0.2, -0.15) is 0 Å². The van der Waals surface area contributed by atoms with Gasteiger partial charge in [0, 0.05) is 25.3 Å². The fourth-order valence-electron chi connectivity index (χ4n) is 3.01. The lowest BCUT2D eigenvalue weighted by molar-refractivity contribution is -0.140. The van der Waals surface area contributed by atoms with Gasteiger partial charge in [0.1, 0.15) is 5.82 Å². The molecule has 1 aromatic heterocycles. The standard InChI is InChI=1S/C19H22ClN3O2/c1-19(2,12-20)18(25)23-9-8-15-14(11-23)17(24)22-16(21-15)10-13-6-4-3-5-7-13/h3-7H,8-12H2,1-2H3,(H,21,22,24). The SMILES string of the molecule is CC(C)(CCl)C(=O)N1CCc2nc(Cc3ccccc3)[nH]c(=O)c2C1. The van der Waals surface area contributed by atoms with E-state index in [2.05, 4.69) is 9.97 Å². The predicted octanol–water partition coefficient (Wildman–Crippen LogP) is 2.51. The fraction of sp³-hybridized carbons (Fsp3) is 0.421. The minimum Gasteiger partial charge on any atom is -0.337 e. The lowest BCUT2D eigenvalue weighted by Crippen LogP contribution is -2.46. The van der Waals surface area contributed by atoms with Crippen molar-refractivity contribution in [2.24, 2.45) is 5.41 Å². The summed E-state index contributed by atoms with van der Waals surface area (Å²) in [6.45, 7) is 4.50.